The predicted molar refractivity (Wildman–Crippen MR) is 123 cm³/mol. The number of nitrogens with zero attached hydrogens (tertiary/aromatic N) is 5. The molecule has 2 amide bonds. The fourth-order valence-corrected chi connectivity index (χ4v) is 5.16. The Morgan fingerprint density at radius 2 is 1.92 bits per heavy atom. The predicted octanol–water partition coefficient (Wildman–Crippen LogP) is 4.07. The Hall–Kier alpha value is -3.70. The number of rotatable bonds is 3. The van der Waals surface area contributed by atoms with Gasteiger partial charge in [-0.25, -0.2) is 14.2 Å². The number of halogens is 4. The lowest BCUT2D eigenvalue weighted by Crippen LogP contribution is -2.49. The second-order valence-corrected chi connectivity index (χ2v) is 9.88. The molecule has 190 valence electrons. The summed E-state index contributed by atoms with van der Waals surface area (Å²) in [5, 5.41) is 7.39. The van der Waals surface area contributed by atoms with Crippen molar-refractivity contribution in [1.29, 1.82) is 0 Å². The van der Waals surface area contributed by atoms with Crippen LogP contribution in [0.1, 0.15) is 43.6 Å². The van der Waals surface area contributed by atoms with E-state index in [2.05, 4.69) is 20.4 Å². The van der Waals surface area contributed by atoms with Crippen LogP contribution in [0.4, 0.5) is 28.2 Å². The van der Waals surface area contributed by atoms with Gasteiger partial charge in [0, 0.05) is 48.7 Å². The van der Waals surface area contributed by atoms with Gasteiger partial charge in [0.05, 0.1) is 16.8 Å². The number of aromatic nitrogens is 4. The van der Waals surface area contributed by atoms with Gasteiger partial charge in [0.15, 0.2) is 0 Å². The number of hydrogen-bond acceptors (Lipinski definition) is 5. The summed E-state index contributed by atoms with van der Waals surface area (Å²) >= 11 is 0. The molecule has 0 saturated carbocycles. The number of fused-ring (bicyclic) bond motifs is 2. The first-order valence-electron chi connectivity index (χ1n) is 11.5. The van der Waals surface area contributed by atoms with E-state index < -0.39 is 28.9 Å². The fraction of sp³-hybridized carbons (Fsp3) is 0.417. The summed E-state index contributed by atoms with van der Waals surface area (Å²) in [6.07, 6.45) is -0.434. The molecule has 0 bridgehead atoms. The van der Waals surface area contributed by atoms with E-state index in [0.717, 1.165) is 18.2 Å². The number of carbonyl (C=O) groups is 1. The van der Waals surface area contributed by atoms with Crippen LogP contribution in [-0.2, 0) is 23.7 Å². The molecule has 0 aliphatic carbocycles. The van der Waals surface area contributed by atoms with Crippen LogP contribution >= 0.6 is 0 Å². The summed E-state index contributed by atoms with van der Waals surface area (Å²) < 4.78 is 55.9. The minimum atomic E-state index is -4.62. The number of anilines is 1. The van der Waals surface area contributed by atoms with Crippen LogP contribution in [0, 0.1) is 5.82 Å². The van der Waals surface area contributed by atoms with Gasteiger partial charge >= 0.3 is 12.2 Å². The summed E-state index contributed by atoms with van der Waals surface area (Å²) in [5.74, 6) is -1.08. The molecular weight excluding hydrogens is 478 g/mol. The third-order valence-electron chi connectivity index (χ3n) is 7.06. The Bertz CT molecular complexity index is 1340. The molecule has 36 heavy (non-hydrogen) atoms. The third-order valence-corrected chi connectivity index (χ3v) is 7.06. The molecular formula is C24H25F4N7O. The molecule has 0 radical (unpaired) electrons. The number of likely N-dealkylation sites (tertiary alicyclic amines) is 1. The number of hydrogen-bond donors (Lipinski definition) is 2. The largest absolute Gasteiger partial charge is 0.419 e. The molecule has 12 heteroatoms. The highest BCUT2D eigenvalue weighted by molar-refractivity contribution is 5.76. The second kappa shape index (κ2) is 8.17. The Labute approximate surface area is 204 Å². The van der Waals surface area contributed by atoms with E-state index in [-0.39, 0.29) is 22.7 Å². The lowest BCUT2D eigenvalue weighted by atomic mass is 9.82. The van der Waals surface area contributed by atoms with E-state index in [4.69, 9.17) is 5.73 Å². The zero-order chi connectivity index (χ0) is 25.9. The van der Waals surface area contributed by atoms with Gasteiger partial charge in [0.2, 0.25) is 0 Å². The van der Waals surface area contributed by atoms with E-state index in [1.165, 1.54) is 24.5 Å². The first-order chi connectivity index (χ1) is 16.9. The maximum absolute atomic E-state index is 14.3. The lowest BCUT2D eigenvalue weighted by molar-refractivity contribution is -0.137. The van der Waals surface area contributed by atoms with Crippen molar-refractivity contribution in [2.24, 2.45) is 0 Å². The van der Waals surface area contributed by atoms with Gasteiger partial charge in [0.25, 0.3) is 0 Å². The molecule has 1 fully saturated rings. The highest BCUT2D eigenvalue weighted by Gasteiger charge is 2.47. The molecule has 2 aliphatic rings. The Kier molecular flexibility index (Phi) is 5.45. The van der Waals surface area contributed by atoms with Crippen molar-refractivity contribution in [1.82, 2.24) is 30.0 Å². The quantitative estimate of drug-likeness (QED) is 0.525. The summed E-state index contributed by atoms with van der Waals surface area (Å²) in [6.45, 7) is 4.86. The molecule has 0 unspecified atom stereocenters. The molecule has 1 atom stereocenters. The maximum atomic E-state index is 14.3. The van der Waals surface area contributed by atoms with Crippen molar-refractivity contribution >= 4 is 11.8 Å². The average Bonchev–Trinajstić information content (AvgIpc) is 3.50. The zero-order valence-electron chi connectivity index (χ0n) is 19.7. The van der Waals surface area contributed by atoms with E-state index in [0.29, 0.717) is 31.7 Å². The number of nitrogen functional groups attached to an aromatic ring is 1. The Morgan fingerprint density at radius 3 is 2.64 bits per heavy atom. The van der Waals surface area contributed by atoms with Crippen LogP contribution in [0.3, 0.4) is 0 Å². The monoisotopic (exact) mass is 503 g/mol. The van der Waals surface area contributed by atoms with Crippen LogP contribution in [0.25, 0.3) is 11.3 Å². The van der Waals surface area contributed by atoms with Gasteiger partial charge in [-0.3, -0.25) is 9.67 Å². The number of alkyl halides is 3. The summed E-state index contributed by atoms with van der Waals surface area (Å²) in [5.41, 5.74) is 4.64. The van der Waals surface area contributed by atoms with E-state index in [1.54, 1.807) is 29.5 Å². The first kappa shape index (κ1) is 24.0. The highest BCUT2D eigenvalue weighted by Crippen LogP contribution is 2.44. The lowest BCUT2D eigenvalue weighted by Gasteiger charge is -2.30. The molecule has 2 aliphatic heterocycles. The number of nitrogens with one attached hydrogen (secondary N) is 1. The molecule has 5 heterocycles. The topological polar surface area (TPSA) is 102 Å². The molecule has 3 aromatic rings. The van der Waals surface area contributed by atoms with E-state index in [9.17, 15) is 22.4 Å². The fourth-order valence-electron chi connectivity index (χ4n) is 5.16. The van der Waals surface area contributed by atoms with Crippen LogP contribution < -0.4 is 11.1 Å². The SMILES string of the molecule is CC(C)(NC(=O)N1CC[C@]2(CCn3nc(-c4cnc(N)c(C(F)(F)F)c4)cc32)C1)c1ncccc1F. The average molecular weight is 504 g/mol. The van der Waals surface area contributed by atoms with Gasteiger partial charge in [-0.15, -0.1) is 0 Å². The highest BCUT2D eigenvalue weighted by atomic mass is 19.4. The van der Waals surface area contributed by atoms with Gasteiger partial charge in [-0.05, 0) is 51.0 Å². The van der Waals surface area contributed by atoms with Crippen molar-refractivity contribution in [3.63, 3.8) is 0 Å². The van der Waals surface area contributed by atoms with Crippen molar-refractivity contribution in [2.45, 2.75) is 50.4 Å². The van der Waals surface area contributed by atoms with Crippen LogP contribution in [0.2, 0.25) is 0 Å². The van der Waals surface area contributed by atoms with Crippen LogP contribution in [0.5, 0.6) is 0 Å². The molecule has 3 aromatic heterocycles. The Morgan fingerprint density at radius 1 is 1.17 bits per heavy atom. The third kappa shape index (κ3) is 4.03. The summed E-state index contributed by atoms with van der Waals surface area (Å²) in [7, 11) is 0. The van der Waals surface area contributed by atoms with Crippen molar-refractivity contribution < 1.29 is 22.4 Å². The van der Waals surface area contributed by atoms with Gasteiger partial charge in [-0.2, -0.15) is 18.3 Å². The number of carbonyl (C=O) groups excluding carboxylic acids is 1. The summed E-state index contributed by atoms with van der Waals surface area (Å²) in [6, 6.07) is 5.18. The van der Waals surface area contributed by atoms with Crippen molar-refractivity contribution in [3.8, 4) is 11.3 Å². The minimum absolute atomic E-state index is 0.145. The molecule has 1 spiro atoms. The normalized spacial score (nSPS) is 19.7. The number of urea groups is 1. The maximum Gasteiger partial charge on any atom is 0.419 e. The zero-order valence-corrected chi connectivity index (χ0v) is 19.7. The number of nitrogens with two attached hydrogens (primary N) is 1. The van der Waals surface area contributed by atoms with Crippen LogP contribution in [-0.4, -0.2) is 43.8 Å². The minimum Gasteiger partial charge on any atom is -0.383 e. The Balaban J connectivity index is 1.36. The van der Waals surface area contributed by atoms with Gasteiger partial charge in [-0.1, -0.05) is 0 Å². The van der Waals surface area contributed by atoms with Crippen molar-refractivity contribution in [3.05, 3.63) is 59.4 Å². The van der Waals surface area contributed by atoms with E-state index >= 15 is 0 Å². The first-order valence-corrected chi connectivity index (χ1v) is 11.5. The molecule has 1 saturated heterocycles. The summed E-state index contributed by atoms with van der Waals surface area (Å²) in [4.78, 5) is 22.6. The molecule has 0 aromatic carbocycles. The van der Waals surface area contributed by atoms with Crippen molar-refractivity contribution in [2.75, 3.05) is 18.8 Å². The standard InChI is InChI=1S/C24H25F4N7O/c1-22(2,19-16(25)4-3-7-30-19)32-21(36)34-8-5-23(13-34)6-9-35-18(23)11-17(33-35)14-10-15(24(26,27)28)20(29)31-12-14/h3-4,7,10-12H,5-6,8-9,13H2,1-2H3,(H2,29,31)(H,32,36)/t23-/m0/s1. The van der Waals surface area contributed by atoms with E-state index in [1.807, 2.05) is 0 Å². The number of aryl methyl sites for hydroxylation is 1. The smallest absolute Gasteiger partial charge is 0.383 e. The van der Waals surface area contributed by atoms with Gasteiger partial charge in [0.1, 0.15) is 17.3 Å². The molecule has 8 nitrogen and oxygen atoms in total. The molecule has 5 rings (SSSR count). The second-order valence-electron chi connectivity index (χ2n) is 9.88. The number of pyridine rings is 2. The molecule has 3 N–H and O–H groups in total. The number of amides is 2. The van der Waals surface area contributed by atoms with Crippen LogP contribution in [0.15, 0.2) is 36.7 Å². The van der Waals surface area contributed by atoms with Gasteiger partial charge < -0.3 is 16.0 Å².